The van der Waals surface area contributed by atoms with Gasteiger partial charge in [-0.3, -0.25) is 9.69 Å². The Morgan fingerprint density at radius 1 is 0.768 bits per heavy atom. The Morgan fingerprint density at radius 3 is 2.09 bits per heavy atom. The first-order chi connectivity index (χ1) is 27.1. The van der Waals surface area contributed by atoms with Gasteiger partial charge in [-0.15, -0.1) is 0 Å². The summed E-state index contributed by atoms with van der Waals surface area (Å²) in [5, 5.41) is 11.9. The second-order valence-electron chi connectivity index (χ2n) is 13.8. The van der Waals surface area contributed by atoms with Crippen molar-refractivity contribution in [2.75, 3.05) is 27.3 Å². The molecule has 0 spiro atoms. The molecule has 0 bridgehead atoms. The van der Waals surface area contributed by atoms with Crippen molar-refractivity contribution in [1.82, 2.24) is 10.2 Å². The number of fused-ring (bicyclic) bond motifs is 1. The number of amides is 1. The van der Waals surface area contributed by atoms with Gasteiger partial charge >= 0.3 is 0 Å². The van der Waals surface area contributed by atoms with Crippen LogP contribution in [0.15, 0.2) is 84.9 Å². The fraction of sp³-hybridized carbons (Fsp3) is 0.279. The van der Waals surface area contributed by atoms with Crippen LogP contribution in [0.1, 0.15) is 62.6 Å². The van der Waals surface area contributed by atoms with E-state index in [1.807, 2.05) is 66.7 Å². The number of aliphatic hydroxyl groups excluding tert-OH is 1. The van der Waals surface area contributed by atoms with E-state index in [0.717, 1.165) is 40.8 Å². The minimum absolute atomic E-state index is 0.0705. The molecule has 13 heteroatoms. The highest BCUT2D eigenvalue weighted by Crippen LogP contribution is 2.40. The first kappa shape index (κ1) is 38.9. The number of methoxy groups -OCH3 is 2. The number of hydrogen-bond acceptors (Lipinski definition) is 7. The molecule has 0 saturated carbocycles. The molecule has 3 atom stereocenters. The number of aliphatic hydroxyl groups is 1. The lowest BCUT2D eigenvalue weighted by atomic mass is 9.96. The minimum atomic E-state index is -2.34. The van der Waals surface area contributed by atoms with Gasteiger partial charge in [-0.1, -0.05) is 60.7 Å². The molecular weight excluding hydrogens is 735 g/mol. The standard InChI is InChI=1S/C43H39F5N2O6/c1-53-34-17-29-13-14-50(21-31(29)18-35(34)54-2)22-32-19-33(26-11-9-24(23-51)10-12-26)56-43(55-32)30-8-4-7-28(16-30)27-6-3-5-25(15-27)20-49-42(52)36-37(44)39(46)41(48)40(47)38(36)45/h3-12,15-18,32-33,43,51H,13-14,19-23H2,1-2H3,(H,49,52)/t32-,33+,43+/m0/s1. The van der Waals surface area contributed by atoms with Crippen molar-refractivity contribution in [2.45, 2.75) is 51.0 Å². The van der Waals surface area contributed by atoms with Crippen molar-refractivity contribution in [1.29, 1.82) is 0 Å². The van der Waals surface area contributed by atoms with Crippen LogP contribution in [-0.2, 0) is 35.6 Å². The summed E-state index contributed by atoms with van der Waals surface area (Å²) in [5.74, 6) is -11.2. The summed E-state index contributed by atoms with van der Waals surface area (Å²) in [7, 11) is 3.25. The Kier molecular flexibility index (Phi) is 11.7. The molecule has 5 aromatic rings. The average molecular weight is 775 g/mol. The summed E-state index contributed by atoms with van der Waals surface area (Å²) >= 11 is 0. The van der Waals surface area contributed by atoms with Gasteiger partial charge in [0.05, 0.1) is 33.0 Å². The van der Waals surface area contributed by atoms with Crippen molar-refractivity contribution in [3.05, 3.63) is 153 Å². The molecule has 5 aromatic carbocycles. The van der Waals surface area contributed by atoms with Crippen LogP contribution in [0.4, 0.5) is 22.0 Å². The van der Waals surface area contributed by atoms with Crippen molar-refractivity contribution in [2.24, 2.45) is 0 Å². The van der Waals surface area contributed by atoms with Gasteiger partial charge in [0.25, 0.3) is 5.91 Å². The molecule has 1 fully saturated rings. The number of hydrogen-bond donors (Lipinski definition) is 2. The monoisotopic (exact) mass is 774 g/mol. The molecule has 0 unspecified atom stereocenters. The van der Waals surface area contributed by atoms with Gasteiger partial charge in [0, 0.05) is 38.2 Å². The summed E-state index contributed by atoms with van der Waals surface area (Å²) in [6, 6.07) is 26.3. The van der Waals surface area contributed by atoms with E-state index in [1.54, 1.807) is 32.4 Å². The molecule has 0 radical (unpaired) electrons. The van der Waals surface area contributed by atoms with E-state index in [9.17, 15) is 31.9 Å². The van der Waals surface area contributed by atoms with E-state index in [2.05, 4.69) is 10.2 Å². The highest BCUT2D eigenvalue weighted by atomic mass is 19.2. The normalized spacial score (nSPS) is 18.3. The molecule has 2 aliphatic rings. The number of halogens is 5. The number of nitrogens with zero attached hydrogens (tertiary/aromatic N) is 1. The number of ether oxygens (including phenoxy) is 4. The maximum atomic E-state index is 14.2. The van der Waals surface area contributed by atoms with E-state index in [-0.39, 0.29) is 25.4 Å². The second kappa shape index (κ2) is 16.8. The van der Waals surface area contributed by atoms with Gasteiger partial charge in [0.15, 0.2) is 41.1 Å². The van der Waals surface area contributed by atoms with E-state index in [0.29, 0.717) is 36.6 Å². The van der Waals surface area contributed by atoms with Gasteiger partial charge in [0.2, 0.25) is 5.82 Å². The van der Waals surface area contributed by atoms with Gasteiger partial charge in [-0.05, 0) is 69.6 Å². The maximum Gasteiger partial charge on any atom is 0.257 e. The molecule has 2 heterocycles. The summed E-state index contributed by atoms with van der Waals surface area (Å²) in [6.45, 7) is 1.87. The third-order valence-corrected chi connectivity index (χ3v) is 10.2. The maximum absolute atomic E-state index is 14.2. The van der Waals surface area contributed by atoms with Gasteiger partial charge in [0.1, 0.15) is 5.56 Å². The second-order valence-corrected chi connectivity index (χ2v) is 13.8. The first-order valence-electron chi connectivity index (χ1n) is 18.0. The van der Waals surface area contributed by atoms with Crippen molar-refractivity contribution in [3.63, 3.8) is 0 Å². The quantitative estimate of drug-likeness (QED) is 0.0797. The number of benzene rings is 5. The SMILES string of the molecule is COc1cc2c(cc1OC)CN(C[C@@H]1C[C@H](c3ccc(CO)cc3)O[C@H](c3cccc(-c4cccc(CNC(=O)c5c(F)c(F)c(F)c(F)c5F)c4)c3)O1)CC2. The highest BCUT2D eigenvalue weighted by molar-refractivity contribution is 5.94. The van der Waals surface area contributed by atoms with E-state index in [1.165, 1.54) is 11.1 Å². The third-order valence-electron chi connectivity index (χ3n) is 10.2. The summed E-state index contributed by atoms with van der Waals surface area (Å²) in [5.41, 5.74) is 5.37. The first-order valence-corrected chi connectivity index (χ1v) is 18.0. The van der Waals surface area contributed by atoms with Crippen LogP contribution in [-0.4, -0.2) is 49.3 Å². The number of nitrogens with one attached hydrogen (secondary N) is 1. The van der Waals surface area contributed by atoms with Crippen LogP contribution in [0.3, 0.4) is 0 Å². The lowest BCUT2D eigenvalue weighted by Gasteiger charge is -2.39. The van der Waals surface area contributed by atoms with E-state index < -0.39 is 46.8 Å². The zero-order valence-corrected chi connectivity index (χ0v) is 30.6. The molecular formula is C43H39F5N2O6. The molecule has 1 saturated heterocycles. The smallest absolute Gasteiger partial charge is 0.257 e. The highest BCUT2D eigenvalue weighted by Gasteiger charge is 2.34. The van der Waals surface area contributed by atoms with Crippen molar-refractivity contribution >= 4 is 5.91 Å². The Bertz CT molecular complexity index is 2210. The lowest BCUT2D eigenvalue weighted by Crippen LogP contribution is -2.41. The summed E-state index contributed by atoms with van der Waals surface area (Å²) < 4.78 is 93.7. The Morgan fingerprint density at radius 2 is 1.41 bits per heavy atom. The molecule has 0 aliphatic carbocycles. The Hall–Kier alpha value is -5.34. The van der Waals surface area contributed by atoms with E-state index in [4.69, 9.17) is 18.9 Å². The molecule has 2 N–H and O–H groups in total. The lowest BCUT2D eigenvalue weighted by molar-refractivity contribution is -0.253. The summed E-state index contributed by atoms with van der Waals surface area (Å²) in [6.07, 6.45) is 0.202. The molecule has 0 aromatic heterocycles. The van der Waals surface area contributed by atoms with Crippen LogP contribution in [0.25, 0.3) is 11.1 Å². The fourth-order valence-electron chi connectivity index (χ4n) is 7.22. The third kappa shape index (κ3) is 8.12. The molecule has 1 amide bonds. The Balaban J connectivity index is 1.10. The van der Waals surface area contributed by atoms with Crippen molar-refractivity contribution in [3.8, 4) is 22.6 Å². The zero-order chi connectivity index (χ0) is 39.5. The fourth-order valence-corrected chi connectivity index (χ4v) is 7.22. The van der Waals surface area contributed by atoms with Gasteiger partial charge in [-0.2, -0.15) is 0 Å². The predicted octanol–water partition coefficient (Wildman–Crippen LogP) is 8.09. The van der Waals surface area contributed by atoms with E-state index >= 15 is 0 Å². The molecule has 2 aliphatic heterocycles. The van der Waals surface area contributed by atoms with Crippen molar-refractivity contribution < 1.29 is 50.8 Å². The predicted molar refractivity (Wildman–Crippen MR) is 196 cm³/mol. The Labute approximate surface area is 320 Å². The number of rotatable bonds is 11. The summed E-state index contributed by atoms with van der Waals surface area (Å²) in [4.78, 5) is 14.9. The molecule has 8 nitrogen and oxygen atoms in total. The molecule has 56 heavy (non-hydrogen) atoms. The topological polar surface area (TPSA) is 89.5 Å². The largest absolute Gasteiger partial charge is 0.493 e. The minimum Gasteiger partial charge on any atom is -0.493 e. The van der Waals surface area contributed by atoms with Gasteiger partial charge < -0.3 is 29.4 Å². The zero-order valence-electron chi connectivity index (χ0n) is 30.6. The van der Waals surface area contributed by atoms with Crippen LogP contribution < -0.4 is 14.8 Å². The molecule has 7 rings (SSSR count). The molecule has 292 valence electrons. The number of carbonyl (C=O) groups is 1. The van der Waals surface area contributed by atoms with Crippen LogP contribution in [0.5, 0.6) is 11.5 Å². The van der Waals surface area contributed by atoms with Crippen LogP contribution in [0.2, 0.25) is 0 Å². The number of carbonyl (C=O) groups excluding carboxylic acids is 1. The van der Waals surface area contributed by atoms with Crippen LogP contribution >= 0.6 is 0 Å². The van der Waals surface area contributed by atoms with Gasteiger partial charge in [-0.25, -0.2) is 22.0 Å². The average Bonchev–Trinajstić information content (AvgIpc) is 3.23. The van der Waals surface area contributed by atoms with Crippen LogP contribution in [0, 0.1) is 29.1 Å².